The summed E-state index contributed by atoms with van der Waals surface area (Å²) in [6, 6.07) is -2.93. The van der Waals surface area contributed by atoms with Gasteiger partial charge in [-0.15, -0.1) is 0 Å². The molecule has 2 amide bonds. The summed E-state index contributed by atoms with van der Waals surface area (Å²) in [5, 5.41) is 24.9. The number of ether oxygens (including phenoxy) is 10. The van der Waals surface area contributed by atoms with E-state index in [4.69, 9.17) is 47.4 Å². The molecule has 0 aliphatic carbocycles. The quantitative estimate of drug-likeness (QED) is 0.0684. The summed E-state index contributed by atoms with van der Waals surface area (Å²) in [6.07, 6.45) is -7.63. The van der Waals surface area contributed by atoms with Gasteiger partial charge in [0.05, 0.1) is 39.3 Å². The van der Waals surface area contributed by atoms with Crippen molar-refractivity contribution in [3.63, 3.8) is 0 Å². The van der Waals surface area contributed by atoms with E-state index in [1.807, 2.05) is 0 Å². The van der Waals surface area contributed by atoms with Crippen molar-refractivity contribution in [1.29, 1.82) is 0 Å². The molecule has 30 nitrogen and oxygen atoms in total. The lowest BCUT2D eigenvalue weighted by Crippen LogP contribution is -2.46. The Morgan fingerprint density at radius 3 is 1.35 bits per heavy atom. The van der Waals surface area contributed by atoms with Crippen LogP contribution in [0.5, 0.6) is 0 Å². The maximum absolute atomic E-state index is 13.4. The Balaban J connectivity index is 0.000000395. The molecule has 4 N–H and O–H groups in total. The van der Waals surface area contributed by atoms with Crippen LogP contribution in [-0.2, 0) is 85.7 Å². The molecule has 2 aromatic rings. The zero-order chi connectivity index (χ0) is 55.4. The van der Waals surface area contributed by atoms with Gasteiger partial charge < -0.3 is 68.2 Å². The molecule has 2 aromatic heterocycles. The Hall–Kier alpha value is -7.70. The molecule has 4 rings (SSSR count). The minimum atomic E-state index is -1.59. The van der Waals surface area contributed by atoms with Gasteiger partial charge in [-0.1, -0.05) is 0 Å². The van der Waals surface area contributed by atoms with E-state index in [-0.39, 0.29) is 33.0 Å². The van der Waals surface area contributed by atoms with Gasteiger partial charge in [-0.2, -0.15) is 0 Å². The predicted octanol–water partition coefficient (Wildman–Crippen LogP) is -2.78. The van der Waals surface area contributed by atoms with E-state index >= 15 is 0 Å². The van der Waals surface area contributed by atoms with Gasteiger partial charge in [-0.3, -0.25) is 57.1 Å². The van der Waals surface area contributed by atoms with Crippen molar-refractivity contribution >= 4 is 59.6 Å². The first-order valence-electron chi connectivity index (χ1n) is 22.7. The van der Waals surface area contributed by atoms with E-state index in [2.05, 4.69) is 20.6 Å². The fraction of sp³-hybridized carbons (Fsp3) is 0.591. The summed E-state index contributed by atoms with van der Waals surface area (Å²) < 4.78 is 52.6. The Bertz CT molecular complexity index is 2480. The van der Waals surface area contributed by atoms with E-state index in [0.29, 0.717) is 0 Å². The standard InChI is InChI=1S/C24H31N3O13.C20H27N3O11/c1-6-35-17(31)10-15(24(34)36-7-2)26-21(32)18-22(33)27(9-8-25-18)23-20(39-14(5)30)19(38-13(4)29)16(40-23)11-37-12(3)28;1-4-31-13(25)8-11(20(30)32-5-2)22-17(28)14-18(29)23(7-6-21-14)19-16(27)15(26)12(34-19)9-33-10(3)24/h8-9,15-16,19-20,23H,6-7,10-11H2,1-5H3,(H,26,32);6-7,11-12,15-16,19,26-27H,4-5,8-9H2,1-3H3,(H,22,28)/t15-,16-,19-,20?,23-;11-,12-,15-,16-,19-/m11/s1. The molecular weight excluding hydrogens is 997 g/mol. The van der Waals surface area contributed by atoms with E-state index in [0.717, 1.165) is 61.6 Å². The highest BCUT2D eigenvalue weighted by atomic mass is 16.7. The smallest absolute Gasteiger partial charge is 0.329 e. The molecule has 2 aliphatic rings. The molecule has 408 valence electrons. The SMILES string of the molecule is CCOC(=O)C[C@@H](NC(=O)c1nccn([C@@H]2O[C@H](COC(C)=O)[C@@H](O)[C@H]2O)c1=O)C(=O)OCC.CCOC(=O)C[C@@H](NC(=O)c1nccn([C@@H]2O[C@H](COC(C)=O)[C@@H](OC(C)=O)C2OC(C)=O)c1=O)C(=O)OCC. The first kappa shape index (κ1) is 60.6. The molecule has 10 atom stereocenters. The summed E-state index contributed by atoms with van der Waals surface area (Å²) in [7, 11) is 0. The number of aromatic nitrogens is 4. The number of hydrogen-bond acceptors (Lipinski definition) is 26. The second-order valence-electron chi connectivity index (χ2n) is 15.4. The highest BCUT2D eigenvalue weighted by molar-refractivity contribution is 5.97. The van der Waals surface area contributed by atoms with Crippen LogP contribution in [-0.4, -0.2) is 177 Å². The largest absolute Gasteiger partial charge is 0.466 e. The zero-order valence-corrected chi connectivity index (χ0v) is 41.4. The molecule has 74 heavy (non-hydrogen) atoms. The highest BCUT2D eigenvalue weighted by Crippen LogP contribution is 2.34. The topological polar surface area (TPSA) is 397 Å². The van der Waals surface area contributed by atoms with Gasteiger partial charge in [0, 0.05) is 52.5 Å². The van der Waals surface area contributed by atoms with Crippen LogP contribution in [0, 0.1) is 0 Å². The number of rotatable bonds is 22. The molecule has 2 aliphatic heterocycles. The maximum Gasteiger partial charge on any atom is 0.329 e. The van der Waals surface area contributed by atoms with Crippen molar-refractivity contribution in [1.82, 2.24) is 29.7 Å². The number of hydrogen-bond donors (Lipinski definition) is 4. The lowest BCUT2D eigenvalue weighted by atomic mass is 10.1. The van der Waals surface area contributed by atoms with Gasteiger partial charge >= 0.3 is 47.8 Å². The molecular formula is C44H58N6O24. The van der Waals surface area contributed by atoms with E-state index in [1.54, 1.807) is 13.8 Å². The normalized spacial score (nSPS) is 21.4. The number of aliphatic hydroxyl groups is 2. The minimum Gasteiger partial charge on any atom is -0.466 e. The number of nitrogens with one attached hydrogen (secondary N) is 2. The van der Waals surface area contributed by atoms with Crippen molar-refractivity contribution < 1.29 is 106 Å². The highest BCUT2D eigenvalue weighted by Gasteiger charge is 2.51. The Kier molecular flexibility index (Phi) is 23.8. The summed E-state index contributed by atoms with van der Waals surface area (Å²) >= 11 is 0. The molecule has 0 radical (unpaired) electrons. The fourth-order valence-corrected chi connectivity index (χ4v) is 6.87. The minimum absolute atomic E-state index is 0.0157. The Morgan fingerprint density at radius 2 is 0.946 bits per heavy atom. The Labute approximate surface area is 420 Å². The van der Waals surface area contributed by atoms with Gasteiger partial charge in [-0.05, 0) is 27.7 Å². The molecule has 30 heteroatoms. The van der Waals surface area contributed by atoms with Crippen molar-refractivity contribution in [2.45, 2.75) is 129 Å². The number of esters is 8. The number of carbonyl (C=O) groups excluding carboxylic acids is 10. The fourth-order valence-electron chi connectivity index (χ4n) is 6.87. The van der Waals surface area contributed by atoms with Crippen LogP contribution in [0.25, 0.3) is 0 Å². The molecule has 2 fully saturated rings. The van der Waals surface area contributed by atoms with Crippen LogP contribution >= 0.6 is 0 Å². The molecule has 0 saturated carbocycles. The Morgan fingerprint density at radius 1 is 0.554 bits per heavy atom. The van der Waals surface area contributed by atoms with Crippen LogP contribution in [0.4, 0.5) is 0 Å². The van der Waals surface area contributed by atoms with Crippen LogP contribution in [0.2, 0.25) is 0 Å². The number of nitrogens with zero attached hydrogens (tertiary/aromatic N) is 4. The summed E-state index contributed by atoms with van der Waals surface area (Å²) in [4.78, 5) is 154. The monoisotopic (exact) mass is 1050 g/mol. The molecule has 4 heterocycles. The summed E-state index contributed by atoms with van der Waals surface area (Å²) in [5.74, 6) is -8.51. The van der Waals surface area contributed by atoms with Gasteiger partial charge in [0.15, 0.2) is 36.1 Å². The van der Waals surface area contributed by atoms with Crippen molar-refractivity contribution in [3.05, 3.63) is 56.9 Å². The maximum atomic E-state index is 13.4. The van der Waals surface area contributed by atoms with E-state index in [1.165, 1.54) is 13.8 Å². The van der Waals surface area contributed by atoms with E-state index in [9.17, 15) is 67.7 Å². The second kappa shape index (κ2) is 29.1. The van der Waals surface area contributed by atoms with Crippen LogP contribution in [0.3, 0.4) is 0 Å². The molecule has 0 bridgehead atoms. The number of aliphatic hydroxyl groups excluding tert-OH is 2. The first-order chi connectivity index (χ1) is 35.0. The number of carbonyl (C=O) groups is 10. The average molecular weight is 1050 g/mol. The third-order valence-electron chi connectivity index (χ3n) is 9.95. The predicted molar refractivity (Wildman–Crippen MR) is 239 cm³/mol. The first-order valence-corrected chi connectivity index (χ1v) is 22.7. The molecule has 2 saturated heterocycles. The van der Waals surface area contributed by atoms with Gasteiger partial charge in [0.25, 0.3) is 22.9 Å². The molecule has 0 spiro atoms. The molecule has 0 aromatic carbocycles. The van der Waals surface area contributed by atoms with Crippen molar-refractivity contribution in [2.75, 3.05) is 39.6 Å². The zero-order valence-electron chi connectivity index (χ0n) is 41.4. The van der Waals surface area contributed by atoms with Crippen molar-refractivity contribution in [3.8, 4) is 0 Å². The van der Waals surface area contributed by atoms with Gasteiger partial charge in [-0.25, -0.2) is 19.6 Å². The van der Waals surface area contributed by atoms with Crippen molar-refractivity contribution in [2.24, 2.45) is 0 Å². The average Bonchev–Trinajstić information content (AvgIpc) is 3.80. The van der Waals surface area contributed by atoms with E-state index < -0.39 is 163 Å². The van der Waals surface area contributed by atoms with Crippen LogP contribution < -0.4 is 21.8 Å². The van der Waals surface area contributed by atoms with Gasteiger partial charge in [0.2, 0.25) is 0 Å². The van der Waals surface area contributed by atoms with Crippen LogP contribution in [0.15, 0.2) is 34.4 Å². The summed E-state index contributed by atoms with van der Waals surface area (Å²) in [5.41, 5.74) is -3.44. The summed E-state index contributed by atoms with van der Waals surface area (Å²) in [6.45, 7) is 9.90. The molecule has 1 unspecified atom stereocenters. The lowest BCUT2D eigenvalue weighted by molar-refractivity contribution is -0.166. The van der Waals surface area contributed by atoms with Crippen LogP contribution in [0.1, 0.15) is 102 Å². The third-order valence-corrected chi connectivity index (χ3v) is 9.95. The third kappa shape index (κ3) is 17.2. The second-order valence-corrected chi connectivity index (χ2v) is 15.4. The number of amides is 2. The van der Waals surface area contributed by atoms with Gasteiger partial charge in [0.1, 0.15) is 49.7 Å². The lowest BCUT2D eigenvalue weighted by Gasteiger charge is -2.24.